The minimum Gasteiger partial charge on any atom is -0.310 e. The molecule has 2 aromatic heterocycles. The quantitative estimate of drug-likeness (QED) is 0.351. The van der Waals surface area contributed by atoms with Crippen molar-refractivity contribution in [3.63, 3.8) is 0 Å². The molecule has 0 spiro atoms. The van der Waals surface area contributed by atoms with E-state index < -0.39 is 0 Å². The van der Waals surface area contributed by atoms with Crippen molar-refractivity contribution in [1.82, 2.24) is 14.5 Å². The third-order valence-electron chi connectivity index (χ3n) is 4.08. The number of rotatable bonds is 5. The summed E-state index contributed by atoms with van der Waals surface area (Å²) >= 11 is 4.61. The fraction of sp³-hybridized carbons (Fsp3) is 0.0476. The Morgan fingerprint density at radius 2 is 1.86 bits per heavy atom. The van der Waals surface area contributed by atoms with Crippen LogP contribution in [0.15, 0.2) is 87.4 Å². The molecule has 144 valence electrons. The van der Waals surface area contributed by atoms with Crippen LogP contribution in [-0.4, -0.2) is 26.2 Å². The second-order valence-electron chi connectivity index (χ2n) is 6.08. The Labute approximate surface area is 179 Å². The van der Waals surface area contributed by atoms with Gasteiger partial charge in [-0.2, -0.15) is 0 Å². The number of nitrogens with zero attached hydrogens (tertiary/aromatic N) is 3. The highest BCUT2D eigenvalue weighted by molar-refractivity contribution is 9.10. The minimum atomic E-state index is -0.224. The van der Waals surface area contributed by atoms with Gasteiger partial charge in [0.05, 0.1) is 22.3 Å². The molecule has 0 fully saturated rings. The second-order valence-corrected chi connectivity index (χ2v) is 7.94. The van der Waals surface area contributed by atoms with Gasteiger partial charge < -0.3 is 5.32 Å². The van der Waals surface area contributed by atoms with E-state index >= 15 is 0 Å². The molecule has 2 aromatic carbocycles. The Hall–Kier alpha value is -2.97. The van der Waals surface area contributed by atoms with E-state index in [2.05, 4.69) is 31.2 Å². The average molecular weight is 467 g/mol. The number of benzene rings is 2. The molecule has 0 aliphatic heterocycles. The molecule has 0 bridgehead atoms. The summed E-state index contributed by atoms with van der Waals surface area (Å²) in [6, 6.07) is 19.9. The van der Waals surface area contributed by atoms with E-state index in [-0.39, 0.29) is 17.2 Å². The maximum absolute atomic E-state index is 13.2. The molecule has 4 rings (SSSR count). The maximum atomic E-state index is 13.2. The van der Waals surface area contributed by atoms with Crippen LogP contribution in [0, 0.1) is 0 Å². The van der Waals surface area contributed by atoms with Crippen LogP contribution in [0.3, 0.4) is 0 Å². The van der Waals surface area contributed by atoms with Gasteiger partial charge >= 0.3 is 0 Å². The monoisotopic (exact) mass is 466 g/mol. The van der Waals surface area contributed by atoms with Gasteiger partial charge in [-0.05, 0) is 42.5 Å². The van der Waals surface area contributed by atoms with Crippen LogP contribution in [0.25, 0.3) is 16.6 Å². The lowest BCUT2D eigenvalue weighted by molar-refractivity contribution is -0.113. The highest BCUT2D eigenvalue weighted by atomic mass is 79.9. The van der Waals surface area contributed by atoms with E-state index in [4.69, 9.17) is 0 Å². The molecule has 0 aliphatic rings. The van der Waals surface area contributed by atoms with E-state index in [0.29, 0.717) is 27.6 Å². The number of fused-ring (bicyclic) bond motifs is 1. The first-order valence-electron chi connectivity index (χ1n) is 8.73. The molecule has 2 heterocycles. The molecule has 1 amide bonds. The zero-order valence-electron chi connectivity index (χ0n) is 15.1. The zero-order valence-corrected chi connectivity index (χ0v) is 17.5. The van der Waals surface area contributed by atoms with Gasteiger partial charge in [0.25, 0.3) is 5.56 Å². The molecule has 4 aromatic rings. The number of hydrogen-bond acceptors (Lipinski definition) is 5. The van der Waals surface area contributed by atoms with E-state index in [9.17, 15) is 9.59 Å². The SMILES string of the molecule is O=C(CSc1nc2ccc(Br)cc2c(=O)n1-c1ccccc1)Nc1ccccn1. The summed E-state index contributed by atoms with van der Waals surface area (Å²) < 4.78 is 2.34. The third kappa shape index (κ3) is 4.38. The molecule has 0 unspecified atom stereocenters. The van der Waals surface area contributed by atoms with E-state index in [1.54, 1.807) is 36.5 Å². The Kier molecular flexibility index (Phi) is 5.73. The number of anilines is 1. The summed E-state index contributed by atoms with van der Waals surface area (Å²) in [6.07, 6.45) is 1.61. The highest BCUT2D eigenvalue weighted by Gasteiger charge is 2.15. The number of hydrogen-bond donors (Lipinski definition) is 1. The van der Waals surface area contributed by atoms with Crippen molar-refractivity contribution in [2.24, 2.45) is 0 Å². The summed E-state index contributed by atoms with van der Waals surface area (Å²) in [6.45, 7) is 0. The number of aromatic nitrogens is 3. The summed E-state index contributed by atoms with van der Waals surface area (Å²) in [7, 11) is 0. The van der Waals surface area contributed by atoms with Gasteiger partial charge in [0.2, 0.25) is 5.91 Å². The Balaban J connectivity index is 1.70. The third-order valence-corrected chi connectivity index (χ3v) is 5.51. The number of carbonyl (C=O) groups is 1. The molecule has 0 aliphatic carbocycles. The first-order valence-corrected chi connectivity index (χ1v) is 10.5. The first kappa shape index (κ1) is 19.4. The fourth-order valence-electron chi connectivity index (χ4n) is 2.78. The van der Waals surface area contributed by atoms with Crippen molar-refractivity contribution in [2.45, 2.75) is 5.16 Å². The number of halogens is 1. The summed E-state index contributed by atoms with van der Waals surface area (Å²) in [4.78, 5) is 34.3. The predicted molar refractivity (Wildman–Crippen MR) is 119 cm³/mol. The molecule has 8 heteroatoms. The van der Waals surface area contributed by atoms with Gasteiger partial charge in [-0.3, -0.25) is 14.2 Å². The van der Waals surface area contributed by atoms with E-state index in [1.165, 1.54) is 16.3 Å². The van der Waals surface area contributed by atoms with Crippen LogP contribution >= 0.6 is 27.7 Å². The van der Waals surface area contributed by atoms with Crippen molar-refractivity contribution in [3.05, 3.63) is 87.8 Å². The highest BCUT2D eigenvalue weighted by Crippen LogP contribution is 2.23. The standard InChI is InChI=1S/C21H15BrN4O2S/c22-14-9-10-17-16(12-14)20(28)26(15-6-2-1-3-7-15)21(24-17)29-13-19(27)25-18-8-4-5-11-23-18/h1-12H,13H2,(H,23,25,27). The number of amides is 1. The van der Waals surface area contributed by atoms with Gasteiger partial charge in [0, 0.05) is 10.7 Å². The Bertz CT molecular complexity index is 1230. The Morgan fingerprint density at radius 1 is 1.07 bits per heavy atom. The number of pyridine rings is 1. The largest absolute Gasteiger partial charge is 0.310 e. The molecule has 0 saturated heterocycles. The lowest BCUT2D eigenvalue weighted by Crippen LogP contribution is -2.23. The van der Waals surface area contributed by atoms with Gasteiger partial charge in [-0.25, -0.2) is 9.97 Å². The van der Waals surface area contributed by atoms with Gasteiger partial charge in [0.15, 0.2) is 5.16 Å². The summed E-state index contributed by atoms with van der Waals surface area (Å²) in [5.74, 6) is 0.353. The molecule has 29 heavy (non-hydrogen) atoms. The van der Waals surface area contributed by atoms with Gasteiger partial charge in [-0.15, -0.1) is 0 Å². The van der Waals surface area contributed by atoms with E-state index in [0.717, 1.165) is 4.47 Å². The van der Waals surface area contributed by atoms with E-state index in [1.807, 2.05) is 36.4 Å². The molecule has 0 atom stereocenters. The lowest BCUT2D eigenvalue weighted by atomic mass is 10.2. The van der Waals surface area contributed by atoms with Crippen LogP contribution in [-0.2, 0) is 4.79 Å². The smallest absolute Gasteiger partial charge is 0.266 e. The van der Waals surface area contributed by atoms with Gasteiger partial charge in [0.1, 0.15) is 5.82 Å². The maximum Gasteiger partial charge on any atom is 0.266 e. The summed E-state index contributed by atoms with van der Waals surface area (Å²) in [5, 5.41) is 3.69. The van der Waals surface area contributed by atoms with Crippen molar-refractivity contribution in [2.75, 3.05) is 11.1 Å². The topological polar surface area (TPSA) is 76.9 Å². The van der Waals surface area contributed by atoms with Crippen LogP contribution in [0.1, 0.15) is 0 Å². The molecule has 0 radical (unpaired) electrons. The Morgan fingerprint density at radius 3 is 2.62 bits per heavy atom. The first-order chi connectivity index (χ1) is 14.1. The van der Waals surface area contributed by atoms with Crippen molar-refractivity contribution >= 4 is 50.3 Å². The van der Waals surface area contributed by atoms with Crippen molar-refractivity contribution in [3.8, 4) is 5.69 Å². The van der Waals surface area contributed by atoms with Crippen LogP contribution in [0.4, 0.5) is 5.82 Å². The second kappa shape index (κ2) is 8.59. The fourth-order valence-corrected chi connectivity index (χ4v) is 3.96. The average Bonchev–Trinajstić information content (AvgIpc) is 2.74. The van der Waals surface area contributed by atoms with Crippen molar-refractivity contribution < 1.29 is 4.79 Å². The molecule has 6 nitrogen and oxygen atoms in total. The molecule has 0 saturated carbocycles. The minimum absolute atomic E-state index is 0.0951. The van der Waals surface area contributed by atoms with Crippen LogP contribution < -0.4 is 10.9 Å². The zero-order chi connectivity index (χ0) is 20.2. The number of nitrogens with one attached hydrogen (secondary N) is 1. The molecule has 1 N–H and O–H groups in total. The van der Waals surface area contributed by atoms with Crippen LogP contribution in [0.2, 0.25) is 0 Å². The lowest BCUT2D eigenvalue weighted by Gasteiger charge is -2.13. The molecular weight excluding hydrogens is 452 g/mol. The number of thioether (sulfide) groups is 1. The van der Waals surface area contributed by atoms with Crippen molar-refractivity contribution in [1.29, 1.82) is 0 Å². The predicted octanol–water partition coefficient (Wildman–Crippen LogP) is 4.27. The normalized spacial score (nSPS) is 10.8. The van der Waals surface area contributed by atoms with Crippen LogP contribution in [0.5, 0.6) is 0 Å². The number of para-hydroxylation sites is 1. The summed E-state index contributed by atoms with van der Waals surface area (Å²) in [5.41, 5.74) is 1.09. The van der Waals surface area contributed by atoms with Gasteiger partial charge in [-0.1, -0.05) is 52.0 Å². The molecular formula is C21H15BrN4O2S. The number of carbonyl (C=O) groups excluding carboxylic acids is 1.